The molecule has 3 aromatic rings. The van der Waals surface area contributed by atoms with E-state index in [0.717, 1.165) is 11.3 Å². The average molecular weight is 285 g/mol. The Morgan fingerprint density at radius 2 is 2.10 bits per heavy atom. The summed E-state index contributed by atoms with van der Waals surface area (Å²) in [4.78, 5) is 15.2. The van der Waals surface area contributed by atoms with Gasteiger partial charge in [0, 0.05) is 23.0 Å². The van der Waals surface area contributed by atoms with Crippen molar-refractivity contribution in [2.24, 2.45) is 0 Å². The Kier molecular flexibility index (Phi) is 3.26. The van der Waals surface area contributed by atoms with Crippen LogP contribution < -0.4 is 0 Å². The van der Waals surface area contributed by atoms with E-state index < -0.39 is 0 Å². The summed E-state index contributed by atoms with van der Waals surface area (Å²) in [6, 6.07) is 10.8. The van der Waals surface area contributed by atoms with Crippen molar-refractivity contribution in [3.8, 4) is 16.9 Å². The zero-order chi connectivity index (χ0) is 13.9. The quantitative estimate of drug-likeness (QED) is 0.694. The molecule has 0 aliphatic carbocycles. The van der Waals surface area contributed by atoms with Crippen LogP contribution in [0.15, 0.2) is 48.8 Å². The molecule has 6 heteroatoms. The van der Waals surface area contributed by atoms with Gasteiger partial charge in [0.05, 0.1) is 5.69 Å². The van der Waals surface area contributed by atoms with Gasteiger partial charge in [-0.25, -0.2) is 4.68 Å². The molecular weight excluding hydrogens is 276 g/mol. The van der Waals surface area contributed by atoms with Gasteiger partial charge < -0.3 is 0 Å². The van der Waals surface area contributed by atoms with Crippen LogP contribution in [0.5, 0.6) is 0 Å². The smallest absolute Gasteiger partial charge is 0.172 e. The van der Waals surface area contributed by atoms with Crippen molar-refractivity contribution in [3.63, 3.8) is 0 Å². The van der Waals surface area contributed by atoms with Crippen LogP contribution in [0.25, 0.3) is 16.9 Å². The highest BCUT2D eigenvalue weighted by Crippen LogP contribution is 2.24. The van der Waals surface area contributed by atoms with Crippen molar-refractivity contribution < 1.29 is 4.79 Å². The molecule has 0 fully saturated rings. The Balaban J connectivity index is 2.23. The van der Waals surface area contributed by atoms with E-state index >= 15 is 0 Å². The molecule has 0 saturated carbocycles. The van der Waals surface area contributed by atoms with Crippen LogP contribution in [0.1, 0.15) is 10.5 Å². The number of aldehydes is 1. The molecule has 0 saturated heterocycles. The molecule has 0 amide bonds. The molecule has 3 rings (SSSR count). The lowest BCUT2D eigenvalue weighted by Crippen LogP contribution is -2.00. The maximum atomic E-state index is 11.1. The number of rotatable bonds is 3. The van der Waals surface area contributed by atoms with E-state index in [1.54, 1.807) is 35.3 Å². The van der Waals surface area contributed by atoms with Crippen molar-refractivity contribution in [2.45, 2.75) is 0 Å². The predicted molar refractivity (Wildman–Crippen MR) is 75.0 cm³/mol. The maximum Gasteiger partial charge on any atom is 0.172 e. The fraction of sp³-hybridized carbons (Fsp3) is 0. The van der Waals surface area contributed by atoms with E-state index in [4.69, 9.17) is 11.6 Å². The molecule has 5 nitrogen and oxygen atoms in total. The molecule has 0 radical (unpaired) electrons. The number of halogens is 1. The molecule has 2 heterocycles. The number of carbonyl (C=O) groups is 1. The molecule has 0 aliphatic heterocycles. The molecule has 0 N–H and O–H groups in total. The number of hydrogen-bond donors (Lipinski definition) is 0. The summed E-state index contributed by atoms with van der Waals surface area (Å²) in [5.41, 5.74) is 2.35. The SMILES string of the molecule is O=Cc1nnn(-c2cccc(Cl)c2)c1-c1cccnc1. The Morgan fingerprint density at radius 1 is 1.20 bits per heavy atom. The summed E-state index contributed by atoms with van der Waals surface area (Å²) in [5.74, 6) is 0. The van der Waals surface area contributed by atoms with Crippen molar-refractivity contribution in [2.75, 3.05) is 0 Å². The zero-order valence-corrected chi connectivity index (χ0v) is 11.0. The van der Waals surface area contributed by atoms with Crippen LogP contribution in [0, 0.1) is 0 Å². The van der Waals surface area contributed by atoms with E-state index in [2.05, 4.69) is 15.3 Å². The summed E-state index contributed by atoms with van der Waals surface area (Å²) in [7, 11) is 0. The molecule has 20 heavy (non-hydrogen) atoms. The zero-order valence-electron chi connectivity index (χ0n) is 10.3. The average Bonchev–Trinajstić information content (AvgIpc) is 2.92. The second-order valence-electron chi connectivity index (χ2n) is 4.07. The number of benzene rings is 1. The molecule has 2 aromatic heterocycles. The summed E-state index contributed by atoms with van der Waals surface area (Å²) >= 11 is 5.99. The minimum atomic E-state index is 0.262. The van der Waals surface area contributed by atoms with Gasteiger partial charge in [-0.3, -0.25) is 9.78 Å². The summed E-state index contributed by atoms with van der Waals surface area (Å²) in [5, 5.41) is 8.50. The van der Waals surface area contributed by atoms with Gasteiger partial charge in [-0.15, -0.1) is 5.10 Å². The number of pyridine rings is 1. The largest absolute Gasteiger partial charge is 0.296 e. The highest BCUT2D eigenvalue weighted by atomic mass is 35.5. The van der Waals surface area contributed by atoms with E-state index in [1.165, 1.54) is 0 Å². The number of nitrogens with zero attached hydrogens (tertiary/aromatic N) is 4. The summed E-state index contributed by atoms with van der Waals surface area (Å²) < 4.78 is 1.58. The molecule has 98 valence electrons. The standard InChI is InChI=1S/C14H9ClN4O/c15-11-4-1-5-12(7-11)19-14(13(9-20)17-18-19)10-3-2-6-16-8-10/h1-9H. The van der Waals surface area contributed by atoms with Crippen molar-refractivity contribution >= 4 is 17.9 Å². The van der Waals surface area contributed by atoms with Crippen molar-refractivity contribution in [3.05, 3.63) is 59.5 Å². The third-order valence-electron chi connectivity index (χ3n) is 2.80. The second-order valence-corrected chi connectivity index (χ2v) is 4.51. The lowest BCUT2D eigenvalue weighted by atomic mass is 10.1. The van der Waals surface area contributed by atoms with Crippen LogP contribution >= 0.6 is 11.6 Å². The monoisotopic (exact) mass is 284 g/mol. The van der Waals surface area contributed by atoms with Gasteiger partial charge >= 0.3 is 0 Å². The Bertz CT molecular complexity index is 755. The molecule has 0 spiro atoms. The first-order valence-electron chi connectivity index (χ1n) is 5.87. The molecule has 0 unspecified atom stereocenters. The number of aromatic nitrogens is 4. The van der Waals surface area contributed by atoms with Gasteiger partial charge in [-0.05, 0) is 30.3 Å². The van der Waals surface area contributed by atoms with Crippen LogP contribution in [0.4, 0.5) is 0 Å². The highest BCUT2D eigenvalue weighted by Gasteiger charge is 2.15. The summed E-state index contributed by atoms with van der Waals surface area (Å²) in [6.45, 7) is 0. The van der Waals surface area contributed by atoms with Gasteiger partial charge in [0.15, 0.2) is 12.0 Å². The normalized spacial score (nSPS) is 10.4. The Labute approximate surface area is 119 Å². The van der Waals surface area contributed by atoms with E-state index in [1.807, 2.05) is 18.2 Å². The molecular formula is C14H9ClN4O. The van der Waals surface area contributed by atoms with Crippen molar-refractivity contribution in [1.82, 2.24) is 20.0 Å². The fourth-order valence-corrected chi connectivity index (χ4v) is 2.12. The Hall–Kier alpha value is -2.53. The number of hydrogen-bond acceptors (Lipinski definition) is 4. The minimum Gasteiger partial charge on any atom is -0.296 e. The van der Waals surface area contributed by atoms with Gasteiger partial charge in [-0.2, -0.15) is 0 Å². The van der Waals surface area contributed by atoms with Crippen LogP contribution in [0.3, 0.4) is 0 Å². The van der Waals surface area contributed by atoms with Gasteiger partial charge in [0.2, 0.25) is 0 Å². The first-order chi connectivity index (χ1) is 9.79. The van der Waals surface area contributed by atoms with Crippen LogP contribution in [-0.4, -0.2) is 26.3 Å². The third-order valence-corrected chi connectivity index (χ3v) is 3.03. The topological polar surface area (TPSA) is 60.7 Å². The van der Waals surface area contributed by atoms with Gasteiger partial charge in [0.25, 0.3) is 0 Å². The third kappa shape index (κ3) is 2.19. The summed E-state index contributed by atoms with van der Waals surface area (Å²) in [6.07, 6.45) is 4.00. The number of carbonyl (C=O) groups excluding carboxylic acids is 1. The first-order valence-corrected chi connectivity index (χ1v) is 6.24. The van der Waals surface area contributed by atoms with Gasteiger partial charge in [-0.1, -0.05) is 22.9 Å². The Morgan fingerprint density at radius 3 is 2.80 bits per heavy atom. The van der Waals surface area contributed by atoms with E-state index in [9.17, 15) is 4.79 Å². The van der Waals surface area contributed by atoms with Crippen molar-refractivity contribution in [1.29, 1.82) is 0 Å². The predicted octanol–water partition coefficient (Wildman–Crippen LogP) is 2.80. The van der Waals surface area contributed by atoms with E-state index in [-0.39, 0.29) is 5.69 Å². The lowest BCUT2D eigenvalue weighted by Gasteiger charge is -2.06. The molecule has 0 aliphatic rings. The van der Waals surface area contributed by atoms with E-state index in [0.29, 0.717) is 17.0 Å². The molecule has 1 aromatic carbocycles. The van der Waals surface area contributed by atoms with Crippen LogP contribution in [0.2, 0.25) is 5.02 Å². The van der Waals surface area contributed by atoms with Gasteiger partial charge in [0.1, 0.15) is 5.69 Å². The fourth-order valence-electron chi connectivity index (χ4n) is 1.93. The maximum absolute atomic E-state index is 11.1. The molecule has 0 atom stereocenters. The highest BCUT2D eigenvalue weighted by molar-refractivity contribution is 6.30. The lowest BCUT2D eigenvalue weighted by molar-refractivity contribution is 0.111. The van der Waals surface area contributed by atoms with Crippen LogP contribution in [-0.2, 0) is 0 Å². The molecule has 0 bridgehead atoms. The first kappa shape index (κ1) is 12.5. The minimum absolute atomic E-state index is 0.262. The second kappa shape index (κ2) is 5.22.